The third-order valence-corrected chi connectivity index (χ3v) is 4.76. The van der Waals surface area contributed by atoms with E-state index in [2.05, 4.69) is 24.3 Å². The van der Waals surface area contributed by atoms with E-state index >= 15 is 0 Å². The molecule has 3 nitrogen and oxygen atoms in total. The van der Waals surface area contributed by atoms with Crippen LogP contribution >= 0.6 is 11.8 Å². The monoisotopic (exact) mass is 300 g/mol. The molecule has 2 aromatic carbocycles. The third kappa shape index (κ3) is 3.39. The van der Waals surface area contributed by atoms with E-state index in [9.17, 15) is 4.79 Å². The Kier molecular flexibility index (Phi) is 4.15. The van der Waals surface area contributed by atoms with Crippen molar-refractivity contribution in [2.45, 2.75) is 17.2 Å². The van der Waals surface area contributed by atoms with Crippen molar-refractivity contribution >= 4 is 17.7 Å². The van der Waals surface area contributed by atoms with Crippen LogP contribution in [0.4, 0.5) is 0 Å². The summed E-state index contributed by atoms with van der Waals surface area (Å²) in [4.78, 5) is 12.1. The average molecular weight is 300 g/mol. The SMILES string of the molecule is O=C(O)Cc1cccc(OCC2CSc3ccccc32)c1. The zero-order valence-corrected chi connectivity index (χ0v) is 12.3. The second-order valence-electron chi connectivity index (χ2n) is 5.07. The topological polar surface area (TPSA) is 46.5 Å². The fourth-order valence-electron chi connectivity index (χ4n) is 2.48. The lowest BCUT2D eigenvalue weighted by atomic mass is 10.0. The maximum absolute atomic E-state index is 10.7. The fourth-order valence-corrected chi connectivity index (χ4v) is 3.72. The first kappa shape index (κ1) is 14.0. The number of ether oxygens (including phenoxy) is 1. The van der Waals surface area contributed by atoms with Gasteiger partial charge >= 0.3 is 5.97 Å². The highest BCUT2D eigenvalue weighted by Gasteiger charge is 2.23. The van der Waals surface area contributed by atoms with Gasteiger partial charge in [0.25, 0.3) is 0 Å². The highest BCUT2D eigenvalue weighted by molar-refractivity contribution is 7.99. The summed E-state index contributed by atoms with van der Waals surface area (Å²) in [5.74, 6) is 1.35. The Morgan fingerprint density at radius 2 is 2.10 bits per heavy atom. The number of fused-ring (bicyclic) bond motifs is 1. The van der Waals surface area contributed by atoms with Crippen molar-refractivity contribution in [1.29, 1.82) is 0 Å². The van der Waals surface area contributed by atoms with Crippen molar-refractivity contribution in [3.8, 4) is 5.75 Å². The van der Waals surface area contributed by atoms with Gasteiger partial charge in [0.15, 0.2) is 0 Å². The highest BCUT2D eigenvalue weighted by atomic mass is 32.2. The molecule has 3 rings (SSSR count). The molecule has 0 aliphatic carbocycles. The second kappa shape index (κ2) is 6.22. The molecule has 1 aliphatic heterocycles. The minimum Gasteiger partial charge on any atom is -0.493 e. The summed E-state index contributed by atoms with van der Waals surface area (Å²) in [6.45, 7) is 0.626. The molecule has 0 radical (unpaired) electrons. The molecule has 0 amide bonds. The van der Waals surface area contributed by atoms with Crippen LogP contribution in [0.25, 0.3) is 0 Å². The summed E-state index contributed by atoms with van der Waals surface area (Å²) >= 11 is 1.86. The quantitative estimate of drug-likeness (QED) is 0.917. The summed E-state index contributed by atoms with van der Waals surface area (Å²) in [7, 11) is 0. The normalized spacial score (nSPS) is 16.5. The lowest BCUT2D eigenvalue weighted by Gasteiger charge is -2.13. The molecule has 0 fully saturated rings. The van der Waals surface area contributed by atoms with Gasteiger partial charge in [0.1, 0.15) is 5.75 Å². The number of thioether (sulfide) groups is 1. The summed E-state index contributed by atoms with van der Waals surface area (Å²) in [6.07, 6.45) is 0.0271. The van der Waals surface area contributed by atoms with E-state index in [1.807, 2.05) is 36.0 Å². The first-order chi connectivity index (χ1) is 10.2. The molecular weight excluding hydrogens is 284 g/mol. The molecule has 2 aromatic rings. The molecule has 1 heterocycles. The molecule has 108 valence electrons. The third-order valence-electron chi connectivity index (χ3n) is 3.50. The molecule has 0 bridgehead atoms. The van der Waals surface area contributed by atoms with Gasteiger partial charge < -0.3 is 9.84 Å². The first-order valence-corrected chi connectivity index (χ1v) is 7.86. The molecule has 0 aromatic heterocycles. The molecule has 21 heavy (non-hydrogen) atoms. The second-order valence-corrected chi connectivity index (χ2v) is 6.14. The van der Waals surface area contributed by atoms with E-state index in [-0.39, 0.29) is 6.42 Å². The minimum atomic E-state index is -0.826. The molecule has 1 unspecified atom stereocenters. The van der Waals surface area contributed by atoms with Gasteiger partial charge in [-0.1, -0.05) is 30.3 Å². The van der Waals surface area contributed by atoms with Crippen LogP contribution < -0.4 is 4.74 Å². The summed E-state index contributed by atoms with van der Waals surface area (Å²) < 4.78 is 5.86. The van der Waals surface area contributed by atoms with Gasteiger partial charge in [-0.15, -0.1) is 11.8 Å². The van der Waals surface area contributed by atoms with E-state index < -0.39 is 5.97 Å². The Balaban J connectivity index is 1.65. The van der Waals surface area contributed by atoms with Crippen LogP contribution in [0.1, 0.15) is 17.0 Å². The largest absolute Gasteiger partial charge is 0.493 e. The summed E-state index contributed by atoms with van der Waals surface area (Å²) in [5.41, 5.74) is 2.12. The minimum absolute atomic E-state index is 0.0271. The Bertz CT molecular complexity index is 654. The maximum Gasteiger partial charge on any atom is 0.307 e. The van der Waals surface area contributed by atoms with Crippen molar-refractivity contribution in [1.82, 2.24) is 0 Å². The number of hydrogen-bond donors (Lipinski definition) is 1. The van der Waals surface area contributed by atoms with E-state index in [4.69, 9.17) is 9.84 Å². The molecule has 1 aliphatic rings. The Labute approximate surface area is 127 Å². The van der Waals surface area contributed by atoms with Gasteiger partial charge in [-0.2, -0.15) is 0 Å². The van der Waals surface area contributed by atoms with Gasteiger partial charge in [0.2, 0.25) is 0 Å². The molecule has 4 heteroatoms. The van der Waals surface area contributed by atoms with Crippen LogP contribution in [0.15, 0.2) is 53.4 Å². The van der Waals surface area contributed by atoms with Crippen LogP contribution in [0.3, 0.4) is 0 Å². The van der Waals surface area contributed by atoms with E-state index in [1.54, 1.807) is 0 Å². The molecule has 1 atom stereocenters. The molecule has 0 spiro atoms. The molecule has 0 saturated heterocycles. The lowest BCUT2D eigenvalue weighted by Crippen LogP contribution is -2.10. The number of aliphatic carboxylic acids is 1. The number of carboxylic acids is 1. The average Bonchev–Trinajstić information content (AvgIpc) is 2.88. The fraction of sp³-hybridized carbons (Fsp3) is 0.235. The van der Waals surface area contributed by atoms with Gasteiger partial charge in [-0.25, -0.2) is 0 Å². The number of rotatable bonds is 5. The number of carbonyl (C=O) groups is 1. The van der Waals surface area contributed by atoms with Crippen molar-refractivity contribution in [3.63, 3.8) is 0 Å². The standard InChI is InChI=1S/C17H16O3S/c18-17(19)9-12-4-3-5-14(8-12)20-10-13-11-21-16-7-2-1-6-15(13)16/h1-8,13H,9-11H2,(H,18,19). The Hall–Kier alpha value is -1.94. The van der Waals surface area contributed by atoms with Crippen LogP contribution in [-0.2, 0) is 11.2 Å². The van der Waals surface area contributed by atoms with Crippen molar-refractivity contribution in [2.75, 3.05) is 12.4 Å². The van der Waals surface area contributed by atoms with Crippen molar-refractivity contribution < 1.29 is 14.6 Å². The van der Waals surface area contributed by atoms with Gasteiger partial charge in [-0.3, -0.25) is 4.79 Å². The van der Waals surface area contributed by atoms with Crippen molar-refractivity contribution in [3.05, 3.63) is 59.7 Å². The summed E-state index contributed by atoms with van der Waals surface area (Å²) in [5, 5.41) is 8.83. The zero-order valence-electron chi connectivity index (χ0n) is 11.5. The number of carboxylic acid groups (broad SMARTS) is 1. The molecule has 1 N–H and O–H groups in total. The maximum atomic E-state index is 10.7. The number of hydrogen-bond acceptors (Lipinski definition) is 3. The Morgan fingerprint density at radius 1 is 1.24 bits per heavy atom. The van der Waals surface area contributed by atoms with Crippen LogP contribution in [0.2, 0.25) is 0 Å². The first-order valence-electron chi connectivity index (χ1n) is 6.87. The summed E-state index contributed by atoms with van der Waals surface area (Å²) in [6, 6.07) is 15.8. The van der Waals surface area contributed by atoms with E-state index in [1.165, 1.54) is 10.5 Å². The molecule has 0 saturated carbocycles. The van der Waals surface area contributed by atoms with Crippen molar-refractivity contribution in [2.24, 2.45) is 0 Å². The van der Waals surface area contributed by atoms with E-state index in [0.717, 1.165) is 17.1 Å². The van der Waals surface area contributed by atoms with Gasteiger partial charge in [0.05, 0.1) is 13.0 Å². The highest BCUT2D eigenvalue weighted by Crippen LogP contribution is 2.39. The predicted molar refractivity (Wildman–Crippen MR) is 83.2 cm³/mol. The van der Waals surface area contributed by atoms with Gasteiger partial charge in [-0.05, 0) is 29.3 Å². The zero-order chi connectivity index (χ0) is 14.7. The van der Waals surface area contributed by atoms with Crippen LogP contribution in [0.5, 0.6) is 5.75 Å². The molecular formula is C17H16O3S. The lowest BCUT2D eigenvalue weighted by molar-refractivity contribution is -0.136. The Morgan fingerprint density at radius 3 is 2.95 bits per heavy atom. The smallest absolute Gasteiger partial charge is 0.307 e. The van der Waals surface area contributed by atoms with E-state index in [0.29, 0.717) is 12.5 Å². The van der Waals surface area contributed by atoms with Crippen LogP contribution in [0, 0.1) is 0 Å². The predicted octanol–water partition coefficient (Wildman–Crippen LogP) is 3.58. The number of benzene rings is 2. The van der Waals surface area contributed by atoms with Gasteiger partial charge in [0, 0.05) is 16.6 Å². The van der Waals surface area contributed by atoms with Crippen LogP contribution in [-0.4, -0.2) is 23.4 Å².